The summed E-state index contributed by atoms with van der Waals surface area (Å²) in [5.41, 5.74) is -0.690. The summed E-state index contributed by atoms with van der Waals surface area (Å²) < 4.78 is 50.2. The molecule has 0 saturated heterocycles. The molecule has 0 fully saturated rings. The first-order valence-corrected chi connectivity index (χ1v) is 4.43. The molecule has 0 aliphatic carbocycles. The van der Waals surface area contributed by atoms with Gasteiger partial charge in [0.15, 0.2) is 0 Å². The summed E-state index contributed by atoms with van der Waals surface area (Å²) in [5, 5.41) is 0. The monoisotopic (exact) mass is 295 g/mol. The molecule has 17 heavy (non-hydrogen) atoms. The van der Waals surface area contributed by atoms with Gasteiger partial charge >= 0.3 is 58.4 Å². The maximum atomic E-state index is 13.1. The molecule has 0 aromatic heterocycles. The van der Waals surface area contributed by atoms with Crippen molar-refractivity contribution in [2.45, 2.75) is 6.54 Å². The predicted octanol–water partition coefficient (Wildman–Crippen LogP) is -0.632. The van der Waals surface area contributed by atoms with Gasteiger partial charge in [-0.15, -0.1) is 17.9 Å². The first-order chi connectivity index (χ1) is 6.80. The van der Waals surface area contributed by atoms with E-state index in [1.807, 2.05) is 0 Å². The molecular weight excluding hydrogens is 283 g/mol. The molecule has 0 bridgehead atoms. The summed E-state index contributed by atoms with van der Waals surface area (Å²) >= 11 is 0. The molecule has 0 radical (unpaired) electrons. The van der Waals surface area contributed by atoms with Crippen molar-refractivity contribution in [3.63, 3.8) is 0 Å². The van der Waals surface area contributed by atoms with Crippen LogP contribution in [-0.2, 0) is 6.54 Å². The second-order valence-corrected chi connectivity index (χ2v) is 3.66. The van der Waals surface area contributed by atoms with Crippen molar-refractivity contribution < 1.29 is 68.7 Å². The Morgan fingerprint density at radius 2 is 1.71 bits per heavy atom. The largest absolute Gasteiger partial charge is 1.00 e. The van der Waals surface area contributed by atoms with E-state index in [-0.39, 0.29) is 75.9 Å². The summed E-state index contributed by atoms with van der Waals surface area (Å²) in [5.74, 6) is -0.604. The molecule has 0 atom stereocenters. The molecule has 1 nitrogen and oxygen atoms in total. The van der Waals surface area contributed by atoms with Crippen LogP contribution in [-0.4, -0.2) is 26.0 Å². The normalized spacial score (nSPS) is 10.8. The summed E-state index contributed by atoms with van der Waals surface area (Å²) in [6.07, 6.45) is 0. The van der Waals surface area contributed by atoms with Crippen molar-refractivity contribution in [1.82, 2.24) is 4.90 Å². The van der Waals surface area contributed by atoms with Crippen LogP contribution in [0.25, 0.3) is 0 Å². The first-order valence-electron chi connectivity index (χ1n) is 4.43. The number of hydrogen-bond acceptors (Lipinski definition) is 1. The van der Waals surface area contributed by atoms with E-state index in [9.17, 15) is 17.3 Å². The third-order valence-corrected chi connectivity index (χ3v) is 1.93. The minimum atomic E-state index is -5.05. The Labute approximate surface area is 147 Å². The van der Waals surface area contributed by atoms with E-state index in [0.29, 0.717) is 0 Å². The fraction of sp³-hybridized carbons (Fsp3) is 0.333. The van der Waals surface area contributed by atoms with Gasteiger partial charge < -0.3 is 17.8 Å². The van der Waals surface area contributed by atoms with Crippen LogP contribution in [0.1, 0.15) is 5.56 Å². The zero-order valence-corrected chi connectivity index (χ0v) is 13.8. The van der Waals surface area contributed by atoms with Gasteiger partial charge in [-0.2, -0.15) is 0 Å². The molecule has 0 saturated carbocycles. The van der Waals surface area contributed by atoms with Crippen molar-refractivity contribution in [2.24, 2.45) is 0 Å². The summed E-state index contributed by atoms with van der Waals surface area (Å²) in [4.78, 5) is 1.62. The number of rotatable bonds is 3. The van der Waals surface area contributed by atoms with Crippen LogP contribution in [0.15, 0.2) is 18.2 Å². The van der Waals surface area contributed by atoms with Gasteiger partial charge in [0.05, 0.1) is 0 Å². The molecule has 92 valence electrons. The van der Waals surface area contributed by atoms with E-state index in [4.69, 9.17) is 0 Å². The number of benzene rings is 1. The second-order valence-electron chi connectivity index (χ2n) is 3.66. The van der Waals surface area contributed by atoms with Gasteiger partial charge in [-0.25, -0.2) is 4.39 Å². The summed E-state index contributed by atoms with van der Waals surface area (Å²) in [6.45, 7) is -4.89. The third-order valence-electron chi connectivity index (χ3n) is 1.93. The van der Waals surface area contributed by atoms with E-state index in [1.54, 1.807) is 19.0 Å². The minimum Gasteiger partial charge on any atom is -0.445 e. The van der Waals surface area contributed by atoms with Crippen LogP contribution in [0.5, 0.6) is 0 Å². The maximum Gasteiger partial charge on any atom is 1.00 e. The topological polar surface area (TPSA) is 3.24 Å². The van der Waals surface area contributed by atoms with E-state index >= 15 is 0 Å². The van der Waals surface area contributed by atoms with Gasteiger partial charge in [0, 0.05) is 6.54 Å². The molecule has 1 aromatic carbocycles. The second kappa shape index (κ2) is 8.14. The van der Waals surface area contributed by atoms with E-state index < -0.39 is 18.3 Å². The Balaban J connectivity index is 0. The third kappa shape index (κ3) is 6.56. The van der Waals surface area contributed by atoms with Gasteiger partial charge in [-0.1, -0.05) is 12.1 Å². The van der Waals surface area contributed by atoms with E-state index in [2.05, 4.69) is 0 Å². The predicted molar refractivity (Wildman–Crippen MR) is 59.8 cm³/mol. The van der Waals surface area contributed by atoms with Crippen LogP contribution >= 0.6 is 12.4 Å². The van der Waals surface area contributed by atoms with Crippen LogP contribution in [0.4, 0.5) is 17.3 Å². The van der Waals surface area contributed by atoms with Crippen LogP contribution < -0.4 is 56.8 Å². The molecule has 0 amide bonds. The molecule has 0 N–H and O–H groups in total. The molecule has 0 aliphatic heterocycles. The van der Waals surface area contributed by atoms with Gasteiger partial charge in [0.1, 0.15) is 5.82 Å². The molecular formula is C9H12BClF4KN. The Kier molecular flexibility index (Phi) is 9.68. The smallest absolute Gasteiger partial charge is 0.445 e. The van der Waals surface area contributed by atoms with Crippen molar-refractivity contribution in [1.29, 1.82) is 0 Å². The molecule has 0 heterocycles. The van der Waals surface area contributed by atoms with E-state index in [0.717, 1.165) is 18.2 Å². The Morgan fingerprint density at radius 3 is 2.12 bits per heavy atom. The Hall–Kier alpha value is 0.891. The number of halogens is 5. The van der Waals surface area contributed by atoms with Crippen LogP contribution in [0, 0.1) is 5.82 Å². The zero-order chi connectivity index (χ0) is 11.6. The van der Waals surface area contributed by atoms with Gasteiger partial charge in [-0.3, -0.25) is 0 Å². The Morgan fingerprint density at radius 1 is 1.18 bits per heavy atom. The quantitative estimate of drug-likeness (QED) is 0.530. The summed E-state index contributed by atoms with van der Waals surface area (Å²) in [7, 11) is 3.34. The SMILES string of the molecule is CN(C)Cc1cc([B-](F)(F)F)ccc1F.Cl.[K+]. The van der Waals surface area contributed by atoms with Gasteiger partial charge in [-0.05, 0) is 25.7 Å². The van der Waals surface area contributed by atoms with Crippen molar-refractivity contribution in [3.05, 3.63) is 29.6 Å². The van der Waals surface area contributed by atoms with E-state index in [1.165, 1.54) is 0 Å². The minimum absolute atomic E-state index is 0. The maximum absolute atomic E-state index is 13.1. The van der Waals surface area contributed by atoms with Crippen molar-refractivity contribution in [3.8, 4) is 0 Å². The van der Waals surface area contributed by atoms with Gasteiger partial charge in [0.25, 0.3) is 0 Å². The van der Waals surface area contributed by atoms with Crippen LogP contribution in [0.2, 0.25) is 0 Å². The molecule has 1 rings (SSSR count). The fourth-order valence-corrected chi connectivity index (χ4v) is 1.26. The van der Waals surface area contributed by atoms with Crippen molar-refractivity contribution >= 4 is 24.8 Å². The molecule has 1 aromatic rings. The number of hydrogen-bond donors (Lipinski definition) is 0. The molecule has 0 spiro atoms. The van der Waals surface area contributed by atoms with Gasteiger partial charge in [0.2, 0.25) is 0 Å². The zero-order valence-electron chi connectivity index (χ0n) is 9.88. The van der Waals surface area contributed by atoms with Crippen molar-refractivity contribution in [2.75, 3.05) is 14.1 Å². The molecule has 0 aliphatic rings. The fourth-order valence-electron chi connectivity index (χ4n) is 1.26. The Bertz CT molecular complexity index is 359. The first kappa shape index (κ1) is 20.2. The molecule has 8 heteroatoms. The standard InChI is InChI=1S/C9H11BF4N.ClH.K/c1-15(2)6-7-5-8(10(12,13)14)3-4-9(7)11;;/h3-5H,6H2,1-2H3;1H;/q-1;;+1. The average molecular weight is 296 g/mol. The van der Waals surface area contributed by atoms with Crippen LogP contribution in [0.3, 0.4) is 0 Å². The number of nitrogens with zero attached hydrogens (tertiary/aromatic N) is 1. The average Bonchev–Trinajstić information content (AvgIpc) is 2.06. The summed E-state index contributed by atoms with van der Waals surface area (Å²) in [6, 6.07) is 2.51. The molecule has 0 unspecified atom stereocenters.